The first kappa shape index (κ1) is 20.6. The molecule has 2 amide bonds. The van der Waals surface area contributed by atoms with Crippen LogP contribution in [-0.4, -0.2) is 46.1 Å². The predicted molar refractivity (Wildman–Crippen MR) is 116 cm³/mol. The predicted octanol–water partition coefficient (Wildman–Crippen LogP) is 3.49. The Hall–Kier alpha value is -3.68. The minimum atomic E-state index is -0.631. The monoisotopic (exact) mass is 419 g/mol. The van der Waals surface area contributed by atoms with Crippen LogP contribution in [0.5, 0.6) is 5.75 Å². The lowest BCUT2D eigenvalue weighted by Crippen LogP contribution is -2.44. The number of benzene rings is 2. The third kappa shape index (κ3) is 3.76. The zero-order chi connectivity index (χ0) is 22.1. The van der Waals surface area contributed by atoms with Gasteiger partial charge in [0, 0.05) is 18.5 Å². The average molecular weight is 419 g/mol. The number of hydrogen-bond donors (Lipinski definition) is 2. The van der Waals surface area contributed by atoms with E-state index in [0.717, 1.165) is 5.56 Å². The number of aromatic amines is 1. The maximum absolute atomic E-state index is 13.5. The molecular formula is C23H25N5O3. The Morgan fingerprint density at radius 2 is 1.87 bits per heavy atom. The Labute approximate surface area is 180 Å². The van der Waals surface area contributed by atoms with E-state index >= 15 is 0 Å². The standard InChI is InChI=1S/C23H25N5O3/c1-13(2)20-24-23(27-26-20)25-21(29)18-16-7-5-6-8-17(16)22(30)28(3)19(18)14-9-11-15(31-4)12-10-14/h5-13,18-19H,1-4H3,(H2,24,25,26,27,29). The second-order valence-electron chi connectivity index (χ2n) is 7.89. The normalized spacial score (nSPS) is 18.1. The number of nitrogens with zero attached hydrogens (tertiary/aromatic N) is 3. The highest BCUT2D eigenvalue weighted by Crippen LogP contribution is 2.42. The van der Waals surface area contributed by atoms with E-state index in [2.05, 4.69) is 20.5 Å². The molecule has 0 saturated heterocycles. The first-order valence-corrected chi connectivity index (χ1v) is 10.1. The molecule has 8 heteroatoms. The van der Waals surface area contributed by atoms with Gasteiger partial charge >= 0.3 is 0 Å². The molecule has 2 atom stereocenters. The van der Waals surface area contributed by atoms with Crippen LogP contribution in [0.1, 0.15) is 59.0 Å². The summed E-state index contributed by atoms with van der Waals surface area (Å²) >= 11 is 0. The molecule has 2 heterocycles. The quantitative estimate of drug-likeness (QED) is 0.659. The number of carbonyl (C=O) groups is 2. The molecule has 2 unspecified atom stereocenters. The molecule has 0 spiro atoms. The molecule has 8 nitrogen and oxygen atoms in total. The summed E-state index contributed by atoms with van der Waals surface area (Å²) in [4.78, 5) is 32.5. The van der Waals surface area contributed by atoms with Crippen molar-refractivity contribution in [3.63, 3.8) is 0 Å². The van der Waals surface area contributed by atoms with Gasteiger partial charge in [0.05, 0.1) is 19.1 Å². The molecule has 160 valence electrons. The molecule has 0 radical (unpaired) electrons. The zero-order valence-corrected chi connectivity index (χ0v) is 17.9. The number of carbonyl (C=O) groups excluding carboxylic acids is 2. The number of amides is 2. The minimum absolute atomic E-state index is 0.125. The molecule has 31 heavy (non-hydrogen) atoms. The average Bonchev–Trinajstić information content (AvgIpc) is 3.25. The van der Waals surface area contributed by atoms with E-state index < -0.39 is 12.0 Å². The van der Waals surface area contributed by atoms with E-state index in [1.807, 2.05) is 50.2 Å². The molecule has 4 rings (SSSR count). The first-order valence-electron chi connectivity index (χ1n) is 10.1. The highest BCUT2D eigenvalue weighted by molar-refractivity contribution is 6.03. The highest BCUT2D eigenvalue weighted by atomic mass is 16.5. The van der Waals surface area contributed by atoms with Crippen molar-refractivity contribution in [3.8, 4) is 5.75 Å². The molecule has 0 aliphatic carbocycles. The van der Waals surface area contributed by atoms with Crippen molar-refractivity contribution < 1.29 is 14.3 Å². The number of methoxy groups -OCH3 is 1. The maximum Gasteiger partial charge on any atom is 0.254 e. The fourth-order valence-corrected chi connectivity index (χ4v) is 3.95. The third-order valence-corrected chi connectivity index (χ3v) is 5.60. The summed E-state index contributed by atoms with van der Waals surface area (Å²) in [6, 6.07) is 14.2. The van der Waals surface area contributed by atoms with Crippen molar-refractivity contribution >= 4 is 17.8 Å². The Morgan fingerprint density at radius 3 is 2.52 bits per heavy atom. The second kappa shape index (κ2) is 8.22. The van der Waals surface area contributed by atoms with Crippen molar-refractivity contribution in [3.05, 3.63) is 71.0 Å². The molecule has 2 N–H and O–H groups in total. The number of hydrogen-bond acceptors (Lipinski definition) is 5. The van der Waals surface area contributed by atoms with E-state index in [0.29, 0.717) is 22.7 Å². The van der Waals surface area contributed by atoms with Crippen molar-refractivity contribution in [1.29, 1.82) is 0 Å². The van der Waals surface area contributed by atoms with E-state index in [-0.39, 0.29) is 23.7 Å². The van der Waals surface area contributed by atoms with Crippen LogP contribution in [0.3, 0.4) is 0 Å². The van der Waals surface area contributed by atoms with Crippen LogP contribution in [0, 0.1) is 0 Å². The Kier molecular flexibility index (Phi) is 5.46. The van der Waals surface area contributed by atoms with Gasteiger partial charge in [-0.05, 0) is 29.3 Å². The van der Waals surface area contributed by atoms with Crippen LogP contribution < -0.4 is 10.1 Å². The number of nitrogens with one attached hydrogen (secondary N) is 2. The number of H-pyrrole nitrogens is 1. The van der Waals surface area contributed by atoms with Gasteiger partial charge in [0.2, 0.25) is 11.9 Å². The number of fused-ring (bicyclic) bond motifs is 1. The van der Waals surface area contributed by atoms with Gasteiger partial charge in [0.15, 0.2) is 0 Å². The second-order valence-corrected chi connectivity index (χ2v) is 7.89. The largest absolute Gasteiger partial charge is 0.497 e. The lowest BCUT2D eigenvalue weighted by atomic mass is 9.79. The first-order chi connectivity index (χ1) is 14.9. The number of aromatic nitrogens is 3. The maximum atomic E-state index is 13.5. The molecular weight excluding hydrogens is 394 g/mol. The van der Waals surface area contributed by atoms with Gasteiger partial charge in [0.25, 0.3) is 5.91 Å². The molecule has 0 bridgehead atoms. The van der Waals surface area contributed by atoms with Gasteiger partial charge in [-0.15, -0.1) is 5.10 Å². The van der Waals surface area contributed by atoms with Gasteiger partial charge in [-0.1, -0.05) is 44.2 Å². The molecule has 2 aromatic carbocycles. The highest BCUT2D eigenvalue weighted by Gasteiger charge is 2.42. The van der Waals surface area contributed by atoms with Gasteiger partial charge in [0.1, 0.15) is 11.6 Å². The van der Waals surface area contributed by atoms with Crippen LogP contribution in [0.25, 0.3) is 0 Å². The number of anilines is 1. The summed E-state index contributed by atoms with van der Waals surface area (Å²) in [6.07, 6.45) is 0. The van der Waals surface area contributed by atoms with E-state index in [4.69, 9.17) is 4.74 Å². The van der Waals surface area contributed by atoms with Crippen LogP contribution in [0.2, 0.25) is 0 Å². The molecule has 3 aromatic rings. The summed E-state index contributed by atoms with van der Waals surface area (Å²) in [5, 5.41) is 9.80. The molecule has 0 fully saturated rings. The fraction of sp³-hybridized carbons (Fsp3) is 0.304. The summed E-state index contributed by atoms with van der Waals surface area (Å²) in [5.74, 6) is 0.745. The van der Waals surface area contributed by atoms with E-state index in [1.54, 1.807) is 31.2 Å². The van der Waals surface area contributed by atoms with E-state index in [1.165, 1.54) is 0 Å². The lowest BCUT2D eigenvalue weighted by molar-refractivity contribution is -0.119. The molecule has 0 saturated carbocycles. The van der Waals surface area contributed by atoms with Gasteiger partial charge in [-0.3, -0.25) is 20.0 Å². The van der Waals surface area contributed by atoms with Gasteiger partial charge in [-0.2, -0.15) is 4.98 Å². The number of ether oxygens (including phenoxy) is 1. The molecule has 1 aliphatic heterocycles. The van der Waals surface area contributed by atoms with Crippen molar-refractivity contribution in [2.45, 2.75) is 31.7 Å². The van der Waals surface area contributed by atoms with Crippen LogP contribution in [0.15, 0.2) is 48.5 Å². The van der Waals surface area contributed by atoms with Gasteiger partial charge < -0.3 is 9.64 Å². The van der Waals surface area contributed by atoms with Crippen molar-refractivity contribution in [1.82, 2.24) is 20.1 Å². The number of rotatable bonds is 5. The summed E-state index contributed by atoms with van der Waals surface area (Å²) in [6.45, 7) is 3.98. The lowest BCUT2D eigenvalue weighted by Gasteiger charge is -2.39. The Morgan fingerprint density at radius 1 is 1.16 bits per heavy atom. The Bertz CT molecular complexity index is 1110. The molecule has 1 aliphatic rings. The Balaban J connectivity index is 1.76. The van der Waals surface area contributed by atoms with Crippen LogP contribution in [-0.2, 0) is 4.79 Å². The van der Waals surface area contributed by atoms with Crippen molar-refractivity contribution in [2.24, 2.45) is 0 Å². The summed E-state index contributed by atoms with van der Waals surface area (Å²) in [7, 11) is 3.32. The van der Waals surface area contributed by atoms with Crippen molar-refractivity contribution in [2.75, 3.05) is 19.5 Å². The zero-order valence-electron chi connectivity index (χ0n) is 17.9. The summed E-state index contributed by atoms with van der Waals surface area (Å²) < 4.78 is 5.26. The smallest absolute Gasteiger partial charge is 0.254 e. The van der Waals surface area contributed by atoms with Crippen LogP contribution >= 0.6 is 0 Å². The summed E-state index contributed by atoms with van der Waals surface area (Å²) in [5.41, 5.74) is 2.04. The van der Waals surface area contributed by atoms with Gasteiger partial charge in [-0.25, -0.2) is 0 Å². The topological polar surface area (TPSA) is 100 Å². The third-order valence-electron chi connectivity index (χ3n) is 5.60. The SMILES string of the molecule is COc1ccc(C2C(C(=O)Nc3n[nH]c(C(C)C)n3)c3ccccc3C(=O)N2C)cc1. The van der Waals surface area contributed by atoms with Crippen LogP contribution in [0.4, 0.5) is 5.95 Å². The number of likely N-dealkylation sites (N-methyl/N-ethyl adjacent to an activating group) is 1. The minimum Gasteiger partial charge on any atom is -0.497 e. The van der Waals surface area contributed by atoms with E-state index in [9.17, 15) is 9.59 Å². The fourth-order valence-electron chi connectivity index (χ4n) is 3.95. The molecule has 1 aromatic heterocycles.